The maximum absolute atomic E-state index is 14.7. The van der Waals surface area contributed by atoms with Crippen molar-refractivity contribution in [3.8, 4) is 0 Å². The number of benzene rings is 1. The Morgan fingerprint density at radius 3 is 2.44 bits per heavy atom. The highest BCUT2D eigenvalue weighted by atomic mass is 19.4. The van der Waals surface area contributed by atoms with E-state index in [1.807, 2.05) is 0 Å². The summed E-state index contributed by atoms with van der Waals surface area (Å²) in [6.07, 6.45) is -2.27. The van der Waals surface area contributed by atoms with Gasteiger partial charge in [-0.05, 0) is 25.8 Å². The number of aromatic nitrogens is 3. The van der Waals surface area contributed by atoms with Crippen molar-refractivity contribution in [1.82, 2.24) is 19.2 Å². The lowest BCUT2D eigenvalue weighted by molar-refractivity contribution is -0.140. The number of fused-ring (bicyclic) bond motifs is 1. The second-order valence-electron chi connectivity index (χ2n) is 8.93. The average Bonchev–Trinajstić information content (AvgIpc) is 2.81. The summed E-state index contributed by atoms with van der Waals surface area (Å²) in [5, 5.41) is 7.47. The molecule has 0 bridgehead atoms. The lowest BCUT2D eigenvalue weighted by atomic mass is 10.0. The fourth-order valence-corrected chi connectivity index (χ4v) is 4.57. The van der Waals surface area contributed by atoms with Crippen molar-refractivity contribution in [2.24, 2.45) is 7.05 Å². The highest BCUT2D eigenvalue weighted by molar-refractivity contribution is 5.90. The molecule has 1 N–H and O–H groups in total. The number of piperidine rings is 1. The first kappa shape index (κ1) is 25.4. The van der Waals surface area contributed by atoms with Crippen molar-refractivity contribution in [3.05, 3.63) is 68.1 Å². The third kappa shape index (κ3) is 4.71. The molecule has 1 aromatic carbocycles. The zero-order valence-electron chi connectivity index (χ0n) is 19.9. The molecule has 4 rings (SSSR count). The van der Waals surface area contributed by atoms with Gasteiger partial charge in [0.1, 0.15) is 5.82 Å². The summed E-state index contributed by atoms with van der Waals surface area (Å²) in [5.74, 6) is -1.33. The molecule has 192 valence electrons. The second-order valence-corrected chi connectivity index (χ2v) is 8.93. The number of pyridine rings is 1. The number of hydrogen-bond acceptors (Lipinski definition) is 5. The van der Waals surface area contributed by atoms with Gasteiger partial charge in [0.15, 0.2) is 5.82 Å². The molecular formula is C24H25F4N5O3. The highest BCUT2D eigenvalue weighted by Gasteiger charge is 2.35. The molecule has 0 aliphatic carbocycles. The summed E-state index contributed by atoms with van der Waals surface area (Å²) in [6, 6.07) is 3.08. The Hall–Kier alpha value is -3.70. The van der Waals surface area contributed by atoms with Crippen LogP contribution in [0, 0.1) is 5.82 Å². The molecule has 0 saturated carbocycles. The van der Waals surface area contributed by atoms with E-state index in [1.54, 1.807) is 4.90 Å². The number of aryl methyl sites for hydroxylation is 1. The van der Waals surface area contributed by atoms with Crippen molar-refractivity contribution in [3.63, 3.8) is 0 Å². The van der Waals surface area contributed by atoms with E-state index in [0.29, 0.717) is 32.0 Å². The van der Waals surface area contributed by atoms with Gasteiger partial charge in [-0.3, -0.25) is 14.4 Å². The largest absolute Gasteiger partial charge is 0.419 e. The summed E-state index contributed by atoms with van der Waals surface area (Å²) in [4.78, 5) is 38.9. The number of rotatable bonds is 4. The molecule has 0 spiro atoms. The number of nitrogens with zero attached hydrogens (tertiary/aromatic N) is 4. The molecule has 1 saturated heterocycles. The Kier molecular flexibility index (Phi) is 6.63. The van der Waals surface area contributed by atoms with Crippen LogP contribution in [0.25, 0.3) is 10.8 Å². The molecule has 1 amide bonds. The number of halogens is 4. The van der Waals surface area contributed by atoms with E-state index in [4.69, 9.17) is 0 Å². The van der Waals surface area contributed by atoms with Crippen molar-refractivity contribution < 1.29 is 22.4 Å². The quantitative estimate of drug-likeness (QED) is 0.545. The number of alkyl halides is 3. The van der Waals surface area contributed by atoms with E-state index in [9.17, 15) is 31.9 Å². The zero-order chi connectivity index (χ0) is 26.4. The van der Waals surface area contributed by atoms with E-state index in [2.05, 4.69) is 10.4 Å². The van der Waals surface area contributed by atoms with Crippen LogP contribution in [0.15, 0.2) is 40.1 Å². The van der Waals surface area contributed by atoms with Gasteiger partial charge >= 0.3 is 6.18 Å². The first-order valence-corrected chi connectivity index (χ1v) is 11.4. The smallest absolute Gasteiger partial charge is 0.361 e. The third-order valence-electron chi connectivity index (χ3n) is 6.57. The lowest BCUT2D eigenvalue weighted by Crippen LogP contribution is -2.39. The van der Waals surface area contributed by atoms with Crippen molar-refractivity contribution in [2.45, 2.75) is 44.9 Å². The summed E-state index contributed by atoms with van der Waals surface area (Å²) >= 11 is 0. The van der Waals surface area contributed by atoms with Gasteiger partial charge in [0.2, 0.25) is 5.91 Å². The van der Waals surface area contributed by atoms with Crippen LogP contribution >= 0.6 is 0 Å². The van der Waals surface area contributed by atoms with Crippen molar-refractivity contribution >= 4 is 22.5 Å². The molecule has 8 nitrogen and oxygen atoms in total. The van der Waals surface area contributed by atoms with Crippen LogP contribution in [0.2, 0.25) is 0 Å². The zero-order valence-corrected chi connectivity index (χ0v) is 19.9. The Balaban J connectivity index is 1.75. The van der Waals surface area contributed by atoms with Crippen LogP contribution in [0.3, 0.4) is 0 Å². The highest BCUT2D eigenvalue weighted by Crippen LogP contribution is 2.35. The summed E-state index contributed by atoms with van der Waals surface area (Å²) in [7, 11) is 1.38. The summed E-state index contributed by atoms with van der Waals surface area (Å²) < 4.78 is 56.8. The molecule has 0 unspecified atom stereocenters. The minimum atomic E-state index is -4.85. The van der Waals surface area contributed by atoms with Crippen LogP contribution in [0.1, 0.15) is 49.9 Å². The van der Waals surface area contributed by atoms with Gasteiger partial charge in [-0.2, -0.15) is 18.3 Å². The fourth-order valence-electron chi connectivity index (χ4n) is 4.57. The lowest BCUT2D eigenvalue weighted by Gasteiger charge is -2.32. The molecule has 0 radical (unpaired) electrons. The normalized spacial score (nSPS) is 15.8. The molecule has 1 atom stereocenters. The first-order valence-electron chi connectivity index (χ1n) is 11.4. The molecule has 3 heterocycles. The predicted molar refractivity (Wildman–Crippen MR) is 125 cm³/mol. The van der Waals surface area contributed by atoms with Crippen molar-refractivity contribution in [1.29, 1.82) is 0 Å². The van der Waals surface area contributed by atoms with Crippen LogP contribution in [0.4, 0.5) is 23.4 Å². The Morgan fingerprint density at radius 2 is 1.83 bits per heavy atom. The Morgan fingerprint density at radius 1 is 1.17 bits per heavy atom. The number of likely N-dealkylation sites (tertiary alicyclic amines) is 1. The number of carbonyl (C=O) groups excluding carboxylic acids is 1. The topological polar surface area (TPSA) is 89.2 Å². The van der Waals surface area contributed by atoms with E-state index in [1.165, 1.54) is 43.8 Å². The number of nitrogens with one attached hydrogen (secondary N) is 1. The van der Waals surface area contributed by atoms with Gasteiger partial charge in [-0.25, -0.2) is 9.07 Å². The number of amides is 1. The molecule has 12 heteroatoms. The average molecular weight is 507 g/mol. The number of hydrogen-bond donors (Lipinski definition) is 1. The molecule has 36 heavy (non-hydrogen) atoms. The second kappa shape index (κ2) is 9.40. The summed E-state index contributed by atoms with van der Waals surface area (Å²) in [6.45, 7) is 3.92. The van der Waals surface area contributed by atoms with Gasteiger partial charge in [0.25, 0.3) is 11.1 Å². The molecule has 1 fully saturated rings. The minimum Gasteiger partial charge on any atom is -0.361 e. The number of carbonyl (C=O) groups is 1. The van der Waals surface area contributed by atoms with Crippen LogP contribution in [0.5, 0.6) is 0 Å². The summed E-state index contributed by atoms with van der Waals surface area (Å²) in [5.41, 5.74) is -2.52. The van der Waals surface area contributed by atoms with E-state index >= 15 is 0 Å². The molecule has 3 aromatic rings. The van der Waals surface area contributed by atoms with E-state index in [-0.39, 0.29) is 34.1 Å². The third-order valence-corrected chi connectivity index (χ3v) is 6.57. The number of anilines is 1. The first-order chi connectivity index (χ1) is 16.9. The van der Waals surface area contributed by atoms with Crippen LogP contribution in [-0.2, 0) is 18.0 Å². The fraction of sp³-hybridized carbons (Fsp3) is 0.417. The Labute approximate surface area is 203 Å². The van der Waals surface area contributed by atoms with E-state index < -0.39 is 34.7 Å². The van der Waals surface area contributed by atoms with Gasteiger partial charge in [-0.15, -0.1) is 0 Å². The predicted octanol–water partition coefficient (Wildman–Crippen LogP) is 3.61. The molecule has 2 aromatic heterocycles. The monoisotopic (exact) mass is 507 g/mol. The SMILES string of the molecule is CC(=O)N1CCC(n2cc3c(N[C@H](C)c4cccc(C(F)(F)F)c4F)nn(C)c(=O)c3cc2=O)CC1. The van der Waals surface area contributed by atoms with Gasteiger partial charge in [0.05, 0.1) is 17.0 Å². The molecule has 1 aliphatic heterocycles. The standard InChI is InChI=1S/C24H25F4N5O3/c1-13(16-5-4-6-19(21(16)25)24(26,27)28)29-22-18-12-33(15-7-9-32(10-8-15)14(2)34)20(35)11-17(18)23(36)31(3)30-22/h4-6,11-13,15H,7-10H2,1-3H3,(H,29,30)/t13-/m1/s1. The van der Waals surface area contributed by atoms with Crippen LogP contribution < -0.4 is 16.4 Å². The van der Waals surface area contributed by atoms with Gasteiger partial charge in [0, 0.05) is 56.3 Å². The molecular weight excluding hydrogens is 482 g/mol. The van der Waals surface area contributed by atoms with Gasteiger partial charge < -0.3 is 14.8 Å². The van der Waals surface area contributed by atoms with E-state index in [0.717, 1.165) is 10.7 Å². The maximum atomic E-state index is 14.7. The molecule has 1 aliphatic rings. The van der Waals surface area contributed by atoms with Crippen LogP contribution in [-0.4, -0.2) is 38.2 Å². The minimum absolute atomic E-state index is 0.0469. The Bertz CT molecular complexity index is 1440. The van der Waals surface area contributed by atoms with Crippen molar-refractivity contribution in [2.75, 3.05) is 18.4 Å². The van der Waals surface area contributed by atoms with Gasteiger partial charge in [-0.1, -0.05) is 12.1 Å². The maximum Gasteiger partial charge on any atom is 0.419 e.